The molecule has 1 nitrogen and oxygen atoms in total. The van der Waals surface area contributed by atoms with Crippen molar-refractivity contribution in [2.45, 2.75) is 0 Å². The molecule has 15 heavy (non-hydrogen) atoms. The molecule has 0 aliphatic carbocycles. The molecule has 0 bridgehead atoms. The van der Waals surface area contributed by atoms with Crippen molar-refractivity contribution in [3.63, 3.8) is 0 Å². The summed E-state index contributed by atoms with van der Waals surface area (Å²) in [7, 11) is 6.00. The average Bonchev–Trinajstić information content (AvgIpc) is 2.83. The summed E-state index contributed by atoms with van der Waals surface area (Å²) in [4.78, 5) is 2.00. The van der Waals surface area contributed by atoms with Crippen LogP contribution in [-0.4, -0.2) is 26.0 Å². The maximum Gasteiger partial charge on any atom is 0 e. The molecule has 0 aliphatic rings. The Morgan fingerprint density at radius 1 is 0.733 bits per heavy atom. The average molecular weight is 245 g/mol. The largest absolute Gasteiger partial charge is 0.748 e. The standard InChI is InChI=1S/2C5H5.C3H9N.Fe/c2*1-2-4-5-3-1;1-4(2)3;/h2*1-5H;1-3H3;/q-5;-1;;. The minimum Gasteiger partial charge on any atom is -0.748 e. The Bertz CT molecular complexity index is 182. The van der Waals surface area contributed by atoms with Crippen LogP contribution in [0.25, 0.3) is 0 Å². The van der Waals surface area contributed by atoms with E-state index in [2.05, 4.69) is 0 Å². The Morgan fingerprint density at radius 2 is 1.00 bits per heavy atom. The molecule has 0 amide bonds. The van der Waals surface area contributed by atoms with E-state index in [9.17, 15) is 0 Å². The van der Waals surface area contributed by atoms with E-state index in [4.69, 9.17) is 0 Å². The molecule has 0 N–H and O–H groups in total. The fourth-order valence-electron chi connectivity index (χ4n) is 0.642. The quantitative estimate of drug-likeness (QED) is 0.509. The minimum atomic E-state index is 0. The third-order valence-corrected chi connectivity index (χ3v) is 1.11. The van der Waals surface area contributed by atoms with Crippen molar-refractivity contribution in [2.75, 3.05) is 21.1 Å². The molecule has 0 radical (unpaired) electrons. The fourth-order valence-corrected chi connectivity index (χ4v) is 0.642. The predicted molar refractivity (Wildman–Crippen MR) is 63.7 cm³/mol. The molecule has 0 unspecified atom stereocenters. The summed E-state index contributed by atoms with van der Waals surface area (Å²) >= 11 is 0. The smallest absolute Gasteiger partial charge is 0 e. The van der Waals surface area contributed by atoms with Crippen molar-refractivity contribution in [3.8, 4) is 0 Å². The van der Waals surface area contributed by atoms with E-state index in [1.54, 1.807) is 0 Å². The van der Waals surface area contributed by atoms with E-state index in [0.29, 0.717) is 0 Å². The zero-order valence-corrected chi connectivity index (χ0v) is 10.7. The van der Waals surface area contributed by atoms with Crippen LogP contribution in [-0.2, 0) is 17.1 Å². The summed E-state index contributed by atoms with van der Waals surface area (Å²) in [6.07, 6.45) is 0. The van der Waals surface area contributed by atoms with Gasteiger partial charge in [-0.3, -0.25) is 0 Å². The second kappa shape index (κ2) is 13.2. The molecule has 0 saturated carbocycles. The van der Waals surface area contributed by atoms with Crippen LogP contribution in [0.5, 0.6) is 0 Å². The molecule has 2 aromatic carbocycles. The Balaban J connectivity index is 0. The summed E-state index contributed by atoms with van der Waals surface area (Å²) < 4.78 is 0. The van der Waals surface area contributed by atoms with Gasteiger partial charge in [0.1, 0.15) is 0 Å². The summed E-state index contributed by atoms with van der Waals surface area (Å²) in [5.41, 5.74) is 0. The Hall–Kier alpha value is -0.821. The zero-order valence-electron chi connectivity index (χ0n) is 9.57. The van der Waals surface area contributed by atoms with Crippen molar-refractivity contribution in [2.24, 2.45) is 0 Å². The number of nitrogens with zero attached hydrogens (tertiary/aromatic N) is 1. The molecule has 2 rings (SSSR count). The van der Waals surface area contributed by atoms with Crippen molar-refractivity contribution in [1.82, 2.24) is 4.90 Å². The molecule has 0 saturated heterocycles. The maximum atomic E-state index is 2.00. The van der Waals surface area contributed by atoms with Crippen LogP contribution in [0, 0.1) is 0 Å². The number of hydrogen-bond donors (Lipinski definition) is 0. The first kappa shape index (κ1) is 16.6. The van der Waals surface area contributed by atoms with E-state index >= 15 is 0 Å². The summed E-state index contributed by atoms with van der Waals surface area (Å²) in [5, 5.41) is 0. The second-order valence-corrected chi connectivity index (χ2v) is 3.27. The van der Waals surface area contributed by atoms with Gasteiger partial charge in [-0.1, -0.05) is 0 Å². The van der Waals surface area contributed by atoms with Crippen LogP contribution in [0.3, 0.4) is 0 Å². The number of rotatable bonds is 0. The van der Waals surface area contributed by atoms with E-state index in [-0.39, 0.29) is 17.1 Å². The van der Waals surface area contributed by atoms with Crippen molar-refractivity contribution < 1.29 is 17.1 Å². The van der Waals surface area contributed by atoms with Gasteiger partial charge in [-0.2, -0.15) is 18.2 Å². The van der Waals surface area contributed by atoms with Gasteiger partial charge in [0.25, 0.3) is 0 Å². The van der Waals surface area contributed by atoms with Crippen LogP contribution in [0.15, 0.2) is 60.7 Å². The Kier molecular flexibility index (Phi) is 14.6. The van der Waals surface area contributed by atoms with Crippen molar-refractivity contribution in [1.29, 1.82) is 0 Å². The third kappa shape index (κ3) is 19.5. The van der Waals surface area contributed by atoms with Crippen LogP contribution in [0.1, 0.15) is 0 Å². The van der Waals surface area contributed by atoms with Gasteiger partial charge in [-0.05, 0) is 21.1 Å². The molecule has 0 aromatic heterocycles. The van der Waals surface area contributed by atoms with Gasteiger partial charge in [-0.25, -0.2) is 12.1 Å². The first-order chi connectivity index (χ1) is 6.73. The van der Waals surface area contributed by atoms with Gasteiger partial charge in [0.05, 0.1) is 0 Å². The van der Waals surface area contributed by atoms with Crippen molar-refractivity contribution >= 4 is 0 Å². The van der Waals surface area contributed by atoms with Crippen LogP contribution < -0.4 is 0 Å². The van der Waals surface area contributed by atoms with Gasteiger partial charge in [0, 0.05) is 17.1 Å². The summed E-state index contributed by atoms with van der Waals surface area (Å²) in [6, 6.07) is 20.0. The molecular formula is C13H19FeN-6. The summed E-state index contributed by atoms with van der Waals surface area (Å²) in [6.45, 7) is 0. The van der Waals surface area contributed by atoms with E-state index in [1.807, 2.05) is 86.7 Å². The van der Waals surface area contributed by atoms with E-state index in [1.165, 1.54) is 0 Å². The molecule has 0 aliphatic heterocycles. The van der Waals surface area contributed by atoms with E-state index < -0.39 is 0 Å². The molecule has 2 aromatic rings. The predicted octanol–water partition coefficient (Wildman–Crippen LogP) is 2.99. The topological polar surface area (TPSA) is 3.24 Å². The zero-order chi connectivity index (χ0) is 10.6. The molecule has 0 atom stereocenters. The Labute approximate surface area is 104 Å². The van der Waals surface area contributed by atoms with E-state index in [0.717, 1.165) is 0 Å². The van der Waals surface area contributed by atoms with Crippen LogP contribution in [0.4, 0.5) is 0 Å². The molecule has 0 fully saturated rings. The molecular weight excluding hydrogens is 226 g/mol. The van der Waals surface area contributed by atoms with Crippen LogP contribution in [0.2, 0.25) is 0 Å². The third-order valence-electron chi connectivity index (χ3n) is 1.11. The van der Waals surface area contributed by atoms with Crippen LogP contribution >= 0.6 is 0 Å². The maximum absolute atomic E-state index is 2.00. The first-order valence-corrected chi connectivity index (χ1v) is 4.67. The molecule has 90 valence electrons. The van der Waals surface area contributed by atoms with Gasteiger partial charge in [-0.15, -0.1) is 0 Å². The molecule has 2 heteroatoms. The van der Waals surface area contributed by atoms with Gasteiger partial charge >= 0.3 is 0 Å². The molecule has 0 spiro atoms. The Morgan fingerprint density at radius 3 is 1.13 bits per heavy atom. The monoisotopic (exact) mass is 245 g/mol. The SMILES string of the molecule is CN(C)C.[Fe].[cH-]1[cH-][cH-][cH-][cH-]1.c1cc[cH-]c1. The number of hydrogen-bond acceptors (Lipinski definition) is 1. The van der Waals surface area contributed by atoms with Gasteiger partial charge in [0.2, 0.25) is 0 Å². The fraction of sp³-hybridized carbons (Fsp3) is 0.231. The second-order valence-electron chi connectivity index (χ2n) is 3.27. The van der Waals surface area contributed by atoms with Crippen molar-refractivity contribution in [3.05, 3.63) is 60.7 Å². The molecule has 0 heterocycles. The first-order valence-electron chi connectivity index (χ1n) is 4.67. The minimum absolute atomic E-state index is 0. The normalized spacial score (nSPS) is 7.73. The van der Waals surface area contributed by atoms with Gasteiger partial charge < -0.3 is 35.2 Å². The summed E-state index contributed by atoms with van der Waals surface area (Å²) in [5.74, 6) is 0. The van der Waals surface area contributed by atoms with Gasteiger partial charge in [0.15, 0.2) is 0 Å².